The number of allylic oxidation sites excluding steroid dienone is 4. The predicted molar refractivity (Wildman–Crippen MR) is 116 cm³/mol. The number of nitrogens with zero attached hydrogens (tertiary/aromatic N) is 3. The molecule has 4 rings (SSSR count). The zero-order valence-corrected chi connectivity index (χ0v) is 17.9. The van der Waals surface area contributed by atoms with E-state index in [9.17, 15) is 4.79 Å². The standard InChI is InChI=1S/C23H25ClN4O2/c1-3-19-20(13-25-15(2)27-19)30-14-23(16-7-5-4-6-8-16)11-18(23)22(29)28-21-10-9-17(24)12-26-21/h4-7,9-10,12-13,16,18H,3,8,11,14H2,1-2H3,(H,26,28,29)/t16?,18-,23+/m0/s1. The van der Waals surface area contributed by atoms with E-state index in [1.807, 2.05) is 19.9 Å². The highest BCUT2D eigenvalue weighted by Crippen LogP contribution is 2.60. The lowest BCUT2D eigenvalue weighted by Gasteiger charge is -2.26. The third-order valence-electron chi connectivity index (χ3n) is 5.91. The number of carbonyl (C=O) groups excluding carboxylic acids is 1. The summed E-state index contributed by atoms with van der Waals surface area (Å²) in [5.74, 6) is 2.00. The fourth-order valence-electron chi connectivity index (χ4n) is 4.11. The average Bonchev–Trinajstić information content (AvgIpc) is 3.51. The van der Waals surface area contributed by atoms with Crippen molar-refractivity contribution in [2.75, 3.05) is 11.9 Å². The Morgan fingerprint density at radius 2 is 2.17 bits per heavy atom. The van der Waals surface area contributed by atoms with Gasteiger partial charge in [0.1, 0.15) is 11.6 Å². The summed E-state index contributed by atoms with van der Waals surface area (Å²) < 4.78 is 6.21. The van der Waals surface area contributed by atoms with E-state index in [0.717, 1.165) is 30.8 Å². The summed E-state index contributed by atoms with van der Waals surface area (Å²) in [5.41, 5.74) is 0.636. The Kier molecular flexibility index (Phi) is 5.86. The Bertz CT molecular complexity index is 989. The van der Waals surface area contributed by atoms with Crippen LogP contribution in [-0.2, 0) is 11.2 Å². The summed E-state index contributed by atoms with van der Waals surface area (Å²) in [4.78, 5) is 25.9. The van der Waals surface area contributed by atoms with Gasteiger partial charge in [-0.15, -0.1) is 0 Å². The van der Waals surface area contributed by atoms with Crippen molar-refractivity contribution in [3.63, 3.8) is 0 Å². The van der Waals surface area contributed by atoms with Gasteiger partial charge >= 0.3 is 0 Å². The molecule has 7 heteroatoms. The summed E-state index contributed by atoms with van der Waals surface area (Å²) in [6.45, 7) is 4.36. The molecule has 2 aliphatic carbocycles. The molecule has 156 valence electrons. The van der Waals surface area contributed by atoms with Gasteiger partial charge in [0.2, 0.25) is 5.91 Å². The lowest BCUT2D eigenvalue weighted by Crippen LogP contribution is -2.29. The number of amides is 1. The number of pyridine rings is 1. The first-order valence-corrected chi connectivity index (χ1v) is 10.6. The molecule has 0 bridgehead atoms. The van der Waals surface area contributed by atoms with E-state index in [0.29, 0.717) is 23.2 Å². The third-order valence-corrected chi connectivity index (χ3v) is 6.14. The molecule has 2 aliphatic rings. The smallest absolute Gasteiger partial charge is 0.229 e. The van der Waals surface area contributed by atoms with Crippen LogP contribution < -0.4 is 10.1 Å². The maximum atomic E-state index is 13.0. The number of carbonyl (C=O) groups is 1. The Labute approximate surface area is 181 Å². The van der Waals surface area contributed by atoms with Gasteiger partial charge in [0.25, 0.3) is 0 Å². The molecule has 1 saturated carbocycles. The van der Waals surface area contributed by atoms with E-state index in [2.05, 4.69) is 38.5 Å². The molecule has 2 heterocycles. The van der Waals surface area contributed by atoms with E-state index >= 15 is 0 Å². The summed E-state index contributed by atoms with van der Waals surface area (Å²) in [6.07, 6.45) is 14.1. The van der Waals surface area contributed by atoms with Crippen LogP contribution in [-0.4, -0.2) is 27.5 Å². The molecule has 0 aromatic carbocycles. The molecule has 2 aromatic heterocycles. The van der Waals surface area contributed by atoms with Crippen LogP contribution in [0.15, 0.2) is 48.8 Å². The highest BCUT2D eigenvalue weighted by Gasteiger charge is 2.62. The van der Waals surface area contributed by atoms with Gasteiger partial charge in [0.15, 0.2) is 5.75 Å². The molecule has 1 N–H and O–H groups in total. The number of nitrogens with one attached hydrogen (secondary N) is 1. The van der Waals surface area contributed by atoms with Gasteiger partial charge in [-0.25, -0.2) is 15.0 Å². The maximum absolute atomic E-state index is 13.0. The summed E-state index contributed by atoms with van der Waals surface area (Å²) in [7, 11) is 0. The second-order valence-corrected chi connectivity index (χ2v) is 8.30. The molecular formula is C23H25ClN4O2. The van der Waals surface area contributed by atoms with E-state index in [-0.39, 0.29) is 23.2 Å². The van der Waals surface area contributed by atoms with Crippen LogP contribution in [0, 0.1) is 24.2 Å². The molecule has 3 atom stereocenters. The summed E-state index contributed by atoms with van der Waals surface area (Å²) in [6, 6.07) is 3.42. The Morgan fingerprint density at radius 3 is 2.87 bits per heavy atom. The Balaban J connectivity index is 1.51. The van der Waals surface area contributed by atoms with E-state index < -0.39 is 0 Å². The molecule has 30 heavy (non-hydrogen) atoms. The summed E-state index contributed by atoms with van der Waals surface area (Å²) >= 11 is 5.89. The molecule has 1 unspecified atom stereocenters. The van der Waals surface area contributed by atoms with Crippen molar-refractivity contribution in [1.82, 2.24) is 15.0 Å². The first kappa shape index (κ1) is 20.5. The zero-order chi connectivity index (χ0) is 21.1. The normalized spacial score (nSPS) is 24.5. The molecule has 0 radical (unpaired) electrons. The van der Waals surface area contributed by atoms with Crippen LogP contribution in [0.25, 0.3) is 0 Å². The fraction of sp³-hybridized carbons (Fsp3) is 0.391. The minimum atomic E-state index is -0.256. The fourth-order valence-corrected chi connectivity index (χ4v) is 4.22. The van der Waals surface area contributed by atoms with Gasteiger partial charge in [-0.05, 0) is 44.2 Å². The number of rotatable bonds is 7. The van der Waals surface area contributed by atoms with Crippen molar-refractivity contribution < 1.29 is 9.53 Å². The molecule has 0 aliphatic heterocycles. The molecule has 0 saturated heterocycles. The Morgan fingerprint density at radius 1 is 1.30 bits per heavy atom. The van der Waals surface area contributed by atoms with Crippen LogP contribution in [0.2, 0.25) is 5.02 Å². The number of aromatic nitrogens is 3. The number of aryl methyl sites for hydroxylation is 2. The highest BCUT2D eigenvalue weighted by molar-refractivity contribution is 6.30. The second kappa shape index (κ2) is 8.56. The molecule has 6 nitrogen and oxygen atoms in total. The van der Waals surface area contributed by atoms with Crippen molar-refractivity contribution in [2.45, 2.75) is 33.1 Å². The van der Waals surface area contributed by atoms with Crippen molar-refractivity contribution in [3.05, 3.63) is 65.4 Å². The van der Waals surface area contributed by atoms with Gasteiger partial charge < -0.3 is 10.1 Å². The van der Waals surface area contributed by atoms with Crippen LogP contribution in [0.4, 0.5) is 5.82 Å². The maximum Gasteiger partial charge on any atom is 0.229 e. The van der Waals surface area contributed by atoms with E-state index in [1.54, 1.807) is 18.3 Å². The van der Waals surface area contributed by atoms with Crippen molar-refractivity contribution in [1.29, 1.82) is 0 Å². The lowest BCUT2D eigenvalue weighted by atomic mass is 9.82. The number of hydrogen-bond acceptors (Lipinski definition) is 5. The SMILES string of the molecule is CCc1nc(C)ncc1OC[C@@]1(C2C=CC=CC2)C[C@H]1C(=O)Nc1ccc(Cl)cn1. The van der Waals surface area contributed by atoms with E-state index in [1.165, 1.54) is 6.20 Å². The van der Waals surface area contributed by atoms with Crippen molar-refractivity contribution >= 4 is 23.3 Å². The number of hydrogen-bond donors (Lipinski definition) is 1. The highest BCUT2D eigenvalue weighted by atomic mass is 35.5. The topological polar surface area (TPSA) is 77.0 Å². The van der Waals surface area contributed by atoms with Crippen LogP contribution in [0.3, 0.4) is 0 Å². The number of anilines is 1. The second-order valence-electron chi connectivity index (χ2n) is 7.87. The number of halogens is 1. The van der Waals surface area contributed by atoms with Gasteiger partial charge in [0, 0.05) is 17.5 Å². The van der Waals surface area contributed by atoms with Crippen LogP contribution in [0.1, 0.15) is 31.3 Å². The van der Waals surface area contributed by atoms with Gasteiger partial charge in [0.05, 0.1) is 23.5 Å². The Hall–Kier alpha value is -2.73. The first-order valence-electron chi connectivity index (χ1n) is 10.2. The monoisotopic (exact) mass is 424 g/mol. The molecule has 1 amide bonds. The quantitative estimate of drug-likeness (QED) is 0.705. The minimum absolute atomic E-state index is 0.0350. The minimum Gasteiger partial charge on any atom is -0.489 e. The zero-order valence-electron chi connectivity index (χ0n) is 17.1. The third kappa shape index (κ3) is 4.24. The summed E-state index contributed by atoms with van der Waals surface area (Å²) in [5, 5.41) is 3.46. The van der Waals surface area contributed by atoms with Crippen LogP contribution >= 0.6 is 11.6 Å². The first-order chi connectivity index (χ1) is 14.5. The van der Waals surface area contributed by atoms with Gasteiger partial charge in [-0.1, -0.05) is 42.8 Å². The largest absolute Gasteiger partial charge is 0.489 e. The number of ether oxygens (including phenoxy) is 1. The molecular weight excluding hydrogens is 400 g/mol. The van der Waals surface area contributed by atoms with Crippen molar-refractivity contribution in [2.24, 2.45) is 17.3 Å². The van der Waals surface area contributed by atoms with E-state index in [4.69, 9.17) is 16.3 Å². The molecule has 0 spiro atoms. The van der Waals surface area contributed by atoms with Gasteiger partial charge in [-0.2, -0.15) is 0 Å². The van der Waals surface area contributed by atoms with Gasteiger partial charge in [-0.3, -0.25) is 4.79 Å². The molecule has 1 fully saturated rings. The molecule has 2 aromatic rings. The predicted octanol–water partition coefficient (Wildman–Crippen LogP) is 4.55. The lowest BCUT2D eigenvalue weighted by molar-refractivity contribution is -0.118. The average molecular weight is 425 g/mol. The van der Waals surface area contributed by atoms with Crippen LogP contribution in [0.5, 0.6) is 5.75 Å². The van der Waals surface area contributed by atoms with Crippen molar-refractivity contribution in [3.8, 4) is 5.75 Å².